The predicted octanol–water partition coefficient (Wildman–Crippen LogP) is 1.66. The maximum atomic E-state index is 12.3. The summed E-state index contributed by atoms with van der Waals surface area (Å²) in [6.07, 6.45) is 3.41. The molecule has 0 spiro atoms. The zero-order valence-electron chi connectivity index (χ0n) is 12.4. The van der Waals surface area contributed by atoms with Crippen molar-refractivity contribution >= 4 is 30.7 Å². The van der Waals surface area contributed by atoms with Gasteiger partial charge in [0.2, 0.25) is 5.91 Å². The summed E-state index contributed by atoms with van der Waals surface area (Å²) in [5.74, 6) is 0.937. The number of hydrogen-bond acceptors (Lipinski definition) is 3. The van der Waals surface area contributed by atoms with E-state index in [1.807, 2.05) is 19.0 Å². The normalized spacial score (nSPS) is 23.7. The van der Waals surface area contributed by atoms with Crippen LogP contribution in [0.25, 0.3) is 0 Å². The molecular formula is C13H29Cl2N3O. The largest absolute Gasteiger partial charge is 0.352 e. The molecule has 1 aliphatic rings. The molecule has 3 N–H and O–H groups in total. The van der Waals surface area contributed by atoms with Crippen LogP contribution in [0.1, 0.15) is 33.1 Å². The van der Waals surface area contributed by atoms with Gasteiger partial charge in [-0.1, -0.05) is 20.3 Å². The molecule has 0 saturated heterocycles. The molecule has 0 heterocycles. The van der Waals surface area contributed by atoms with Crippen LogP contribution < -0.4 is 11.1 Å². The first kappa shape index (κ1) is 21.3. The number of hydrogen-bond donors (Lipinski definition) is 2. The van der Waals surface area contributed by atoms with E-state index in [4.69, 9.17) is 5.73 Å². The van der Waals surface area contributed by atoms with Gasteiger partial charge in [-0.25, -0.2) is 0 Å². The molecule has 0 aliphatic heterocycles. The lowest BCUT2D eigenvalue weighted by Gasteiger charge is -2.29. The maximum Gasteiger partial charge on any atom is 0.237 e. The molecule has 1 rings (SSSR count). The van der Waals surface area contributed by atoms with Crippen LogP contribution in [0, 0.1) is 11.8 Å². The van der Waals surface area contributed by atoms with E-state index in [0.29, 0.717) is 18.4 Å². The fourth-order valence-corrected chi connectivity index (χ4v) is 2.91. The molecule has 1 saturated carbocycles. The van der Waals surface area contributed by atoms with Crippen LogP contribution in [0.3, 0.4) is 0 Å². The Balaban J connectivity index is 0. The van der Waals surface area contributed by atoms with Crippen molar-refractivity contribution in [1.29, 1.82) is 0 Å². The Kier molecular flexibility index (Phi) is 11.0. The summed E-state index contributed by atoms with van der Waals surface area (Å²) in [7, 11) is 3.92. The molecule has 1 aliphatic carbocycles. The van der Waals surface area contributed by atoms with Crippen molar-refractivity contribution in [2.24, 2.45) is 17.6 Å². The molecule has 0 aromatic heterocycles. The third kappa shape index (κ3) is 5.86. The Hall–Kier alpha value is -0.0300. The van der Waals surface area contributed by atoms with Crippen molar-refractivity contribution in [3.05, 3.63) is 0 Å². The summed E-state index contributed by atoms with van der Waals surface area (Å²) >= 11 is 0. The fraction of sp³-hybridized carbons (Fsp3) is 0.923. The van der Waals surface area contributed by atoms with Crippen molar-refractivity contribution < 1.29 is 4.79 Å². The quantitative estimate of drug-likeness (QED) is 0.811. The van der Waals surface area contributed by atoms with Crippen molar-refractivity contribution in [2.45, 2.75) is 45.2 Å². The van der Waals surface area contributed by atoms with Crippen LogP contribution in [-0.4, -0.2) is 43.5 Å². The van der Waals surface area contributed by atoms with E-state index in [1.165, 1.54) is 6.42 Å². The highest BCUT2D eigenvalue weighted by Crippen LogP contribution is 2.25. The number of halogens is 2. The van der Waals surface area contributed by atoms with Gasteiger partial charge in [0.25, 0.3) is 0 Å². The minimum Gasteiger partial charge on any atom is -0.352 e. The summed E-state index contributed by atoms with van der Waals surface area (Å²) in [5, 5.41) is 3.18. The Morgan fingerprint density at radius 2 is 1.89 bits per heavy atom. The van der Waals surface area contributed by atoms with Gasteiger partial charge in [-0.15, -0.1) is 24.8 Å². The van der Waals surface area contributed by atoms with Gasteiger partial charge >= 0.3 is 0 Å². The van der Waals surface area contributed by atoms with Crippen molar-refractivity contribution in [1.82, 2.24) is 10.2 Å². The van der Waals surface area contributed by atoms with Crippen LogP contribution in [0.15, 0.2) is 0 Å². The van der Waals surface area contributed by atoms with Crippen LogP contribution >= 0.6 is 24.8 Å². The number of amides is 1. The summed E-state index contributed by atoms with van der Waals surface area (Å²) in [5.41, 5.74) is 5.73. The van der Waals surface area contributed by atoms with Gasteiger partial charge in [0.15, 0.2) is 0 Å². The average Bonchev–Trinajstić information content (AvgIpc) is 2.63. The second kappa shape index (κ2) is 9.81. The van der Waals surface area contributed by atoms with Gasteiger partial charge in [0.05, 0.1) is 6.04 Å². The lowest BCUT2D eigenvalue weighted by atomic mass is 10.00. The number of rotatable bonds is 5. The number of nitrogens with zero attached hydrogens (tertiary/aromatic N) is 1. The number of nitrogens with two attached hydrogens (primary N) is 1. The van der Waals surface area contributed by atoms with Crippen LogP contribution in [0.4, 0.5) is 0 Å². The van der Waals surface area contributed by atoms with E-state index in [0.717, 1.165) is 12.8 Å². The Labute approximate surface area is 129 Å². The Bertz CT molecular complexity index is 254. The zero-order valence-corrected chi connectivity index (χ0v) is 14.0. The second-order valence-electron chi connectivity index (χ2n) is 5.69. The topological polar surface area (TPSA) is 58.4 Å². The molecule has 19 heavy (non-hydrogen) atoms. The van der Waals surface area contributed by atoms with Crippen molar-refractivity contribution in [3.8, 4) is 0 Å². The molecule has 0 radical (unpaired) electrons. The standard InChI is InChI=1S/C13H27N3O.2ClH/c1-9(2)12(16(3)4)13(17)15-11-7-5-6-10(11)8-14;;/h9-12H,5-8,14H2,1-4H3,(H,15,17);2*1H. The lowest BCUT2D eigenvalue weighted by molar-refractivity contribution is -0.127. The first-order chi connectivity index (χ1) is 7.97. The van der Waals surface area contributed by atoms with Crippen LogP contribution in [-0.2, 0) is 4.79 Å². The third-order valence-electron chi connectivity index (χ3n) is 3.75. The zero-order chi connectivity index (χ0) is 13.0. The van der Waals surface area contributed by atoms with Gasteiger partial charge in [0, 0.05) is 6.04 Å². The smallest absolute Gasteiger partial charge is 0.237 e. The van der Waals surface area contributed by atoms with Crippen molar-refractivity contribution in [3.63, 3.8) is 0 Å². The van der Waals surface area contributed by atoms with E-state index in [-0.39, 0.29) is 42.8 Å². The third-order valence-corrected chi connectivity index (χ3v) is 3.75. The van der Waals surface area contributed by atoms with E-state index >= 15 is 0 Å². The number of nitrogens with one attached hydrogen (secondary N) is 1. The molecule has 3 unspecified atom stereocenters. The molecule has 116 valence electrons. The highest BCUT2D eigenvalue weighted by Gasteiger charge is 2.31. The van der Waals surface area contributed by atoms with Gasteiger partial charge in [-0.3, -0.25) is 9.69 Å². The van der Waals surface area contributed by atoms with Crippen molar-refractivity contribution in [2.75, 3.05) is 20.6 Å². The summed E-state index contributed by atoms with van der Waals surface area (Å²) < 4.78 is 0. The Morgan fingerprint density at radius 3 is 2.32 bits per heavy atom. The average molecular weight is 314 g/mol. The number of likely N-dealkylation sites (N-methyl/N-ethyl adjacent to an activating group) is 1. The lowest BCUT2D eigenvalue weighted by Crippen LogP contribution is -2.51. The highest BCUT2D eigenvalue weighted by atomic mass is 35.5. The van der Waals surface area contributed by atoms with E-state index < -0.39 is 0 Å². The van der Waals surface area contributed by atoms with Gasteiger partial charge < -0.3 is 11.1 Å². The monoisotopic (exact) mass is 313 g/mol. The molecule has 3 atom stereocenters. The number of carbonyl (C=O) groups is 1. The molecular weight excluding hydrogens is 285 g/mol. The second-order valence-corrected chi connectivity index (χ2v) is 5.69. The molecule has 1 amide bonds. The Morgan fingerprint density at radius 1 is 1.32 bits per heavy atom. The summed E-state index contributed by atoms with van der Waals surface area (Å²) in [6, 6.07) is 0.239. The number of carbonyl (C=O) groups excluding carboxylic acids is 1. The minimum atomic E-state index is -0.0472. The fourth-order valence-electron chi connectivity index (χ4n) is 2.91. The maximum absolute atomic E-state index is 12.3. The van der Waals surface area contributed by atoms with E-state index in [1.54, 1.807) is 0 Å². The molecule has 1 fully saturated rings. The molecule has 6 heteroatoms. The van der Waals surface area contributed by atoms with E-state index in [2.05, 4.69) is 19.2 Å². The molecule has 0 aromatic carbocycles. The first-order valence-electron chi connectivity index (χ1n) is 6.64. The molecule has 0 aromatic rings. The van der Waals surface area contributed by atoms with Crippen LogP contribution in [0.5, 0.6) is 0 Å². The van der Waals surface area contributed by atoms with Gasteiger partial charge in [0.1, 0.15) is 0 Å². The van der Waals surface area contributed by atoms with Crippen LogP contribution in [0.2, 0.25) is 0 Å². The van der Waals surface area contributed by atoms with Gasteiger partial charge in [-0.2, -0.15) is 0 Å². The van der Waals surface area contributed by atoms with E-state index in [9.17, 15) is 4.79 Å². The molecule has 4 nitrogen and oxygen atoms in total. The minimum absolute atomic E-state index is 0. The first-order valence-corrected chi connectivity index (χ1v) is 6.64. The predicted molar refractivity (Wildman–Crippen MR) is 85.1 cm³/mol. The highest BCUT2D eigenvalue weighted by molar-refractivity contribution is 5.85. The summed E-state index contributed by atoms with van der Waals surface area (Å²) in [4.78, 5) is 14.2. The summed E-state index contributed by atoms with van der Waals surface area (Å²) in [6.45, 7) is 4.85. The SMILES string of the molecule is CC(C)C(C(=O)NC1CCCC1CN)N(C)C.Cl.Cl. The molecule has 0 bridgehead atoms. The van der Waals surface area contributed by atoms with Gasteiger partial charge in [-0.05, 0) is 45.3 Å².